The van der Waals surface area contributed by atoms with E-state index >= 15 is 0 Å². The molecule has 3 N–H and O–H groups in total. The molecular formula is C14H21N3O2S. The molecule has 1 aromatic carbocycles. The van der Waals surface area contributed by atoms with Gasteiger partial charge in [-0.05, 0) is 26.1 Å². The fourth-order valence-electron chi connectivity index (χ4n) is 1.73. The fraction of sp³-hybridized carbons (Fsp3) is 0.429. The van der Waals surface area contributed by atoms with Gasteiger partial charge in [0, 0.05) is 24.2 Å². The van der Waals surface area contributed by atoms with E-state index in [0.29, 0.717) is 22.8 Å². The van der Waals surface area contributed by atoms with Crippen molar-refractivity contribution in [3.63, 3.8) is 0 Å². The van der Waals surface area contributed by atoms with Gasteiger partial charge in [-0.2, -0.15) is 0 Å². The minimum atomic E-state index is -0.0875. The van der Waals surface area contributed by atoms with Crippen LogP contribution >= 0.6 is 12.2 Å². The zero-order valence-corrected chi connectivity index (χ0v) is 12.9. The van der Waals surface area contributed by atoms with E-state index in [1.54, 1.807) is 13.2 Å². The first-order chi connectivity index (χ1) is 9.42. The van der Waals surface area contributed by atoms with Gasteiger partial charge >= 0.3 is 0 Å². The lowest BCUT2D eigenvalue weighted by Gasteiger charge is -2.23. The SMILES string of the molecule is COc1cccc(NC(=O)CN(C)C(C)CC(N)=S)c1. The molecule has 1 atom stereocenters. The smallest absolute Gasteiger partial charge is 0.238 e. The number of methoxy groups -OCH3 is 1. The molecular weight excluding hydrogens is 274 g/mol. The predicted molar refractivity (Wildman–Crippen MR) is 85.1 cm³/mol. The molecule has 6 heteroatoms. The first-order valence-corrected chi connectivity index (χ1v) is 6.75. The van der Waals surface area contributed by atoms with E-state index in [2.05, 4.69) is 5.32 Å². The highest BCUT2D eigenvalue weighted by molar-refractivity contribution is 7.80. The number of benzene rings is 1. The first-order valence-electron chi connectivity index (χ1n) is 6.35. The maximum Gasteiger partial charge on any atom is 0.238 e. The molecule has 0 saturated carbocycles. The summed E-state index contributed by atoms with van der Waals surface area (Å²) < 4.78 is 5.11. The van der Waals surface area contributed by atoms with Crippen molar-refractivity contribution in [2.75, 3.05) is 26.0 Å². The van der Waals surface area contributed by atoms with Gasteiger partial charge in [0.25, 0.3) is 0 Å². The molecule has 5 nitrogen and oxygen atoms in total. The molecule has 0 aromatic heterocycles. The van der Waals surface area contributed by atoms with Crippen LogP contribution in [-0.4, -0.2) is 42.5 Å². The number of hydrogen-bond acceptors (Lipinski definition) is 4. The van der Waals surface area contributed by atoms with Crippen LogP contribution in [-0.2, 0) is 4.79 Å². The molecule has 1 rings (SSSR count). The normalized spacial score (nSPS) is 12.0. The van der Waals surface area contributed by atoms with Gasteiger partial charge in [-0.25, -0.2) is 0 Å². The van der Waals surface area contributed by atoms with Crippen LogP contribution in [0.4, 0.5) is 5.69 Å². The number of carbonyl (C=O) groups is 1. The van der Waals surface area contributed by atoms with Gasteiger partial charge in [0.05, 0.1) is 18.6 Å². The summed E-state index contributed by atoms with van der Waals surface area (Å²) in [5.41, 5.74) is 6.22. The van der Waals surface area contributed by atoms with E-state index in [1.165, 1.54) is 0 Å². The lowest BCUT2D eigenvalue weighted by atomic mass is 10.2. The lowest BCUT2D eigenvalue weighted by molar-refractivity contribution is -0.117. The number of nitrogens with zero attached hydrogens (tertiary/aromatic N) is 1. The molecule has 20 heavy (non-hydrogen) atoms. The monoisotopic (exact) mass is 295 g/mol. The number of nitrogens with two attached hydrogens (primary N) is 1. The third kappa shape index (κ3) is 5.54. The van der Waals surface area contributed by atoms with Crippen molar-refractivity contribution < 1.29 is 9.53 Å². The number of rotatable bonds is 7. The molecule has 0 aliphatic rings. The fourth-order valence-corrected chi connectivity index (χ4v) is 1.97. The van der Waals surface area contributed by atoms with E-state index in [4.69, 9.17) is 22.7 Å². The number of carbonyl (C=O) groups excluding carboxylic acids is 1. The summed E-state index contributed by atoms with van der Waals surface area (Å²) in [7, 11) is 3.46. The van der Waals surface area contributed by atoms with Crippen molar-refractivity contribution in [2.45, 2.75) is 19.4 Å². The Hall–Kier alpha value is -1.66. The Morgan fingerprint density at radius 3 is 2.85 bits per heavy atom. The van der Waals surface area contributed by atoms with E-state index in [-0.39, 0.29) is 18.5 Å². The molecule has 1 unspecified atom stereocenters. The van der Waals surface area contributed by atoms with Crippen LogP contribution in [0.15, 0.2) is 24.3 Å². The van der Waals surface area contributed by atoms with Gasteiger partial charge in [0.1, 0.15) is 5.75 Å². The van der Waals surface area contributed by atoms with Crippen molar-refractivity contribution >= 4 is 28.8 Å². The third-order valence-electron chi connectivity index (χ3n) is 3.00. The largest absolute Gasteiger partial charge is 0.497 e. The van der Waals surface area contributed by atoms with E-state index < -0.39 is 0 Å². The molecule has 0 aliphatic heterocycles. The summed E-state index contributed by atoms with van der Waals surface area (Å²) in [6.45, 7) is 2.26. The Kier molecular flexibility index (Phi) is 6.41. The maximum absolute atomic E-state index is 12.0. The second-order valence-electron chi connectivity index (χ2n) is 4.71. The maximum atomic E-state index is 12.0. The van der Waals surface area contributed by atoms with Gasteiger partial charge in [0.2, 0.25) is 5.91 Å². The van der Waals surface area contributed by atoms with Gasteiger partial charge in [-0.1, -0.05) is 18.3 Å². The molecule has 1 amide bonds. The number of hydrogen-bond donors (Lipinski definition) is 2. The minimum Gasteiger partial charge on any atom is -0.497 e. The summed E-state index contributed by atoms with van der Waals surface area (Å²) in [5.74, 6) is 0.619. The van der Waals surface area contributed by atoms with Crippen molar-refractivity contribution in [1.82, 2.24) is 4.90 Å². The molecule has 0 saturated heterocycles. The molecule has 0 aliphatic carbocycles. The second kappa shape index (κ2) is 7.81. The molecule has 0 fully saturated rings. The second-order valence-corrected chi connectivity index (χ2v) is 5.24. The number of thiocarbonyl (C=S) groups is 1. The molecule has 0 radical (unpaired) electrons. The summed E-state index contributed by atoms with van der Waals surface area (Å²) in [6, 6.07) is 7.37. The van der Waals surface area contributed by atoms with Gasteiger partial charge < -0.3 is 15.8 Å². The quantitative estimate of drug-likeness (QED) is 0.748. The summed E-state index contributed by atoms with van der Waals surface area (Å²) >= 11 is 4.87. The van der Waals surface area contributed by atoms with Crippen LogP contribution in [0, 0.1) is 0 Å². The molecule has 0 bridgehead atoms. The standard InChI is InChI=1S/C14H21N3O2S/c1-10(7-13(15)20)17(2)9-14(18)16-11-5-4-6-12(8-11)19-3/h4-6,8,10H,7,9H2,1-3H3,(H2,15,20)(H,16,18). The highest BCUT2D eigenvalue weighted by Gasteiger charge is 2.14. The number of amides is 1. The molecule has 0 heterocycles. The van der Waals surface area contributed by atoms with E-state index in [9.17, 15) is 4.79 Å². The van der Waals surface area contributed by atoms with E-state index in [1.807, 2.05) is 37.1 Å². The van der Waals surface area contributed by atoms with Crippen molar-refractivity contribution in [1.29, 1.82) is 0 Å². The van der Waals surface area contributed by atoms with Crippen LogP contribution in [0.2, 0.25) is 0 Å². The van der Waals surface area contributed by atoms with Crippen LogP contribution in [0.25, 0.3) is 0 Å². The number of likely N-dealkylation sites (N-methyl/N-ethyl adjacent to an activating group) is 1. The number of anilines is 1. The topological polar surface area (TPSA) is 67.6 Å². The Bertz CT molecular complexity index is 479. The number of ether oxygens (including phenoxy) is 1. The average Bonchev–Trinajstić information content (AvgIpc) is 2.37. The van der Waals surface area contributed by atoms with Crippen molar-refractivity contribution in [3.05, 3.63) is 24.3 Å². The highest BCUT2D eigenvalue weighted by Crippen LogP contribution is 2.16. The van der Waals surface area contributed by atoms with Crippen molar-refractivity contribution in [3.8, 4) is 5.75 Å². The van der Waals surface area contributed by atoms with Gasteiger partial charge in [0.15, 0.2) is 0 Å². The Morgan fingerprint density at radius 1 is 1.55 bits per heavy atom. The zero-order chi connectivity index (χ0) is 15.1. The van der Waals surface area contributed by atoms with Crippen LogP contribution in [0.3, 0.4) is 0 Å². The Labute approximate surface area is 125 Å². The number of nitrogens with one attached hydrogen (secondary N) is 1. The van der Waals surface area contributed by atoms with Gasteiger partial charge in [-0.3, -0.25) is 9.69 Å². The first kappa shape index (κ1) is 16.4. The predicted octanol–water partition coefficient (Wildman–Crippen LogP) is 1.63. The summed E-state index contributed by atoms with van der Waals surface area (Å²) in [4.78, 5) is 14.3. The van der Waals surface area contributed by atoms with Gasteiger partial charge in [-0.15, -0.1) is 0 Å². The van der Waals surface area contributed by atoms with E-state index in [0.717, 1.165) is 0 Å². The molecule has 0 spiro atoms. The van der Waals surface area contributed by atoms with Crippen molar-refractivity contribution in [2.24, 2.45) is 5.73 Å². The summed E-state index contributed by atoms with van der Waals surface area (Å²) in [5, 5.41) is 2.83. The molecule has 1 aromatic rings. The Balaban J connectivity index is 2.52. The van der Waals surface area contributed by atoms with Crippen LogP contribution in [0.1, 0.15) is 13.3 Å². The highest BCUT2D eigenvalue weighted by atomic mass is 32.1. The third-order valence-corrected chi connectivity index (χ3v) is 3.16. The van der Waals surface area contributed by atoms with Crippen LogP contribution in [0.5, 0.6) is 5.75 Å². The Morgan fingerprint density at radius 2 is 2.25 bits per heavy atom. The minimum absolute atomic E-state index is 0.0875. The lowest BCUT2D eigenvalue weighted by Crippen LogP contribution is -2.38. The molecule has 110 valence electrons. The summed E-state index contributed by atoms with van der Waals surface area (Å²) in [6.07, 6.45) is 0.596. The average molecular weight is 295 g/mol. The van der Waals surface area contributed by atoms with Crippen LogP contribution < -0.4 is 15.8 Å². The zero-order valence-electron chi connectivity index (χ0n) is 12.1.